The minimum Gasteiger partial charge on any atom is -0.461 e. The van der Waals surface area contributed by atoms with Crippen LogP contribution in [0.3, 0.4) is 0 Å². The monoisotopic (exact) mass is 469 g/mol. The molecular formula is C22H17F6N3O2. The first-order valence-corrected chi connectivity index (χ1v) is 9.63. The van der Waals surface area contributed by atoms with Gasteiger partial charge in [-0.05, 0) is 36.8 Å². The normalized spacial score (nSPS) is 11.9. The summed E-state index contributed by atoms with van der Waals surface area (Å²) >= 11 is 0. The third-order valence-electron chi connectivity index (χ3n) is 4.80. The molecule has 2 aromatic carbocycles. The van der Waals surface area contributed by atoms with E-state index in [2.05, 4.69) is 4.98 Å². The third-order valence-corrected chi connectivity index (χ3v) is 4.80. The van der Waals surface area contributed by atoms with Gasteiger partial charge in [-0.25, -0.2) is 4.79 Å². The maximum atomic E-state index is 13.1. The molecule has 3 aromatic rings. The van der Waals surface area contributed by atoms with Crippen LogP contribution >= 0.6 is 0 Å². The molecule has 174 valence electrons. The Morgan fingerprint density at radius 1 is 1.03 bits per heavy atom. The van der Waals surface area contributed by atoms with Gasteiger partial charge in [-0.2, -0.15) is 31.6 Å². The Bertz CT molecular complexity index is 1180. The number of hydrogen-bond acceptors (Lipinski definition) is 4. The van der Waals surface area contributed by atoms with E-state index in [9.17, 15) is 36.4 Å². The van der Waals surface area contributed by atoms with Gasteiger partial charge in [-0.3, -0.25) is 0 Å². The molecule has 33 heavy (non-hydrogen) atoms. The number of carbonyl (C=O) groups excluding carboxylic acids is 1. The number of rotatable bonds is 6. The summed E-state index contributed by atoms with van der Waals surface area (Å²) in [5, 5.41) is 10.1. The number of hydrogen-bond donors (Lipinski definition) is 1. The van der Waals surface area contributed by atoms with Crippen molar-refractivity contribution in [2.24, 2.45) is 0 Å². The van der Waals surface area contributed by atoms with Crippen LogP contribution in [0, 0.1) is 11.5 Å². The number of benzene rings is 2. The number of fused-ring (bicyclic) bond motifs is 1. The van der Waals surface area contributed by atoms with Crippen LogP contribution in [0.2, 0.25) is 0 Å². The van der Waals surface area contributed by atoms with Gasteiger partial charge in [-0.15, -0.1) is 0 Å². The zero-order valence-corrected chi connectivity index (χ0v) is 17.1. The number of nitriles is 1. The number of aromatic amines is 1. The Morgan fingerprint density at radius 3 is 2.18 bits per heavy atom. The Balaban J connectivity index is 2.00. The lowest BCUT2D eigenvalue weighted by Gasteiger charge is -2.19. The lowest BCUT2D eigenvalue weighted by atomic mass is 10.0. The molecule has 0 saturated carbocycles. The van der Waals surface area contributed by atoms with Crippen LogP contribution in [0.15, 0.2) is 42.5 Å². The van der Waals surface area contributed by atoms with Gasteiger partial charge in [-0.1, -0.05) is 18.2 Å². The quantitative estimate of drug-likeness (QED) is 0.212. The molecule has 3 rings (SSSR count). The molecule has 0 amide bonds. The van der Waals surface area contributed by atoms with Gasteiger partial charge in [0.15, 0.2) is 6.19 Å². The van der Waals surface area contributed by atoms with Crippen molar-refractivity contribution in [3.8, 4) is 6.19 Å². The SMILES string of the molecule is CCOC(=O)c1[nH]c2ccccc2c1CN(C#N)Cc1cc(C(F)(F)F)cc(C(F)(F)F)c1. The van der Waals surface area contributed by atoms with Crippen LogP contribution in [0.25, 0.3) is 10.9 Å². The van der Waals surface area contributed by atoms with Crippen molar-refractivity contribution >= 4 is 16.9 Å². The minimum absolute atomic E-state index is 0.0265. The summed E-state index contributed by atoms with van der Waals surface area (Å²) in [6, 6.07) is 7.92. The van der Waals surface area contributed by atoms with E-state index in [0.29, 0.717) is 28.6 Å². The number of aromatic nitrogens is 1. The molecule has 0 aliphatic heterocycles. The summed E-state index contributed by atoms with van der Waals surface area (Å²) in [6.45, 7) is 0.908. The topological polar surface area (TPSA) is 69.1 Å². The molecule has 1 aromatic heterocycles. The fraction of sp³-hybridized carbons (Fsp3) is 0.273. The average Bonchev–Trinajstić information content (AvgIpc) is 3.10. The minimum atomic E-state index is -5.00. The van der Waals surface area contributed by atoms with Gasteiger partial charge >= 0.3 is 18.3 Å². The lowest BCUT2D eigenvalue weighted by Crippen LogP contribution is -2.20. The fourth-order valence-corrected chi connectivity index (χ4v) is 3.39. The van der Waals surface area contributed by atoms with E-state index in [4.69, 9.17) is 4.74 Å². The molecule has 1 heterocycles. The molecule has 5 nitrogen and oxygen atoms in total. The molecule has 0 bridgehead atoms. The van der Waals surface area contributed by atoms with Crippen LogP contribution in [0.5, 0.6) is 0 Å². The molecule has 1 N–H and O–H groups in total. The molecule has 0 aliphatic rings. The molecular weight excluding hydrogens is 452 g/mol. The Labute approximate surface area is 184 Å². The second-order valence-electron chi connectivity index (χ2n) is 7.11. The van der Waals surface area contributed by atoms with Crippen molar-refractivity contribution in [3.63, 3.8) is 0 Å². The molecule has 0 aliphatic carbocycles. The van der Waals surface area contributed by atoms with Crippen LogP contribution < -0.4 is 0 Å². The summed E-state index contributed by atoms with van der Waals surface area (Å²) in [7, 11) is 0. The number of carbonyl (C=O) groups is 1. The van der Waals surface area contributed by atoms with E-state index in [0.717, 1.165) is 4.90 Å². The number of H-pyrrole nitrogens is 1. The van der Waals surface area contributed by atoms with E-state index in [1.807, 2.05) is 0 Å². The number of alkyl halides is 6. The smallest absolute Gasteiger partial charge is 0.416 e. The molecule has 0 atom stereocenters. The summed E-state index contributed by atoms with van der Waals surface area (Å²) in [5.41, 5.74) is -2.33. The molecule has 0 radical (unpaired) electrons. The van der Waals surface area contributed by atoms with Gasteiger partial charge in [0, 0.05) is 16.5 Å². The maximum Gasteiger partial charge on any atom is 0.416 e. The number of halogens is 6. The number of nitrogens with one attached hydrogen (secondary N) is 1. The van der Waals surface area contributed by atoms with Crippen molar-refractivity contribution < 1.29 is 35.9 Å². The van der Waals surface area contributed by atoms with Crippen LogP contribution in [-0.4, -0.2) is 22.5 Å². The fourth-order valence-electron chi connectivity index (χ4n) is 3.39. The first-order valence-electron chi connectivity index (χ1n) is 9.63. The van der Waals surface area contributed by atoms with Gasteiger partial charge in [0.1, 0.15) is 5.69 Å². The molecule has 11 heteroatoms. The van der Waals surface area contributed by atoms with E-state index in [1.165, 1.54) is 0 Å². The molecule has 0 unspecified atom stereocenters. The van der Waals surface area contributed by atoms with Crippen molar-refractivity contribution in [3.05, 3.63) is 70.4 Å². The first-order chi connectivity index (χ1) is 15.4. The van der Waals surface area contributed by atoms with Gasteiger partial charge < -0.3 is 14.6 Å². The lowest BCUT2D eigenvalue weighted by molar-refractivity contribution is -0.143. The number of ether oxygens (including phenoxy) is 1. The predicted octanol–water partition coefficient (Wildman–Crippen LogP) is 5.87. The molecule has 0 spiro atoms. The average molecular weight is 469 g/mol. The van der Waals surface area contributed by atoms with Crippen molar-refractivity contribution in [2.45, 2.75) is 32.4 Å². The number of esters is 1. The summed E-state index contributed by atoms with van der Waals surface area (Å²) in [4.78, 5) is 16.2. The van der Waals surface area contributed by atoms with Crippen molar-refractivity contribution in [1.29, 1.82) is 5.26 Å². The molecule has 0 saturated heterocycles. The highest BCUT2D eigenvalue weighted by Gasteiger charge is 2.37. The van der Waals surface area contributed by atoms with Crippen LogP contribution in [-0.2, 0) is 30.2 Å². The molecule has 0 fully saturated rings. The second-order valence-corrected chi connectivity index (χ2v) is 7.11. The van der Waals surface area contributed by atoms with Gasteiger partial charge in [0.25, 0.3) is 0 Å². The van der Waals surface area contributed by atoms with Crippen LogP contribution in [0.1, 0.15) is 39.7 Å². The van der Waals surface area contributed by atoms with Crippen molar-refractivity contribution in [1.82, 2.24) is 9.88 Å². The van der Waals surface area contributed by atoms with E-state index < -0.39 is 36.0 Å². The largest absolute Gasteiger partial charge is 0.461 e. The maximum absolute atomic E-state index is 13.1. The second kappa shape index (κ2) is 9.05. The summed E-state index contributed by atoms with van der Waals surface area (Å²) < 4.78 is 83.9. The van der Waals surface area contributed by atoms with E-state index >= 15 is 0 Å². The Morgan fingerprint density at radius 2 is 1.64 bits per heavy atom. The van der Waals surface area contributed by atoms with E-state index in [1.54, 1.807) is 37.4 Å². The Kier molecular flexibility index (Phi) is 6.58. The zero-order chi connectivity index (χ0) is 24.4. The van der Waals surface area contributed by atoms with Gasteiger partial charge in [0.2, 0.25) is 0 Å². The third kappa shape index (κ3) is 5.39. The standard InChI is InChI=1S/C22H17F6N3O2/c1-2-33-20(32)19-17(16-5-3-4-6-18(16)30-19)11-31(12-29)10-13-7-14(21(23,24)25)9-15(8-13)22(26,27)28/h3-9,30H,2,10-11H2,1H3. The highest BCUT2D eigenvalue weighted by molar-refractivity contribution is 5.98. The zero-order valence-electron chi connectivity index (χ0n) is 17.1. The highest BCUT2D eigenvalue weighted by Crippen LogP contribution is 2.36. The van der Waals surface area contributed by atoms with Gasteiger partial charge in [0.05, 0.1) is 30.8 Å². The van der Waals surface area contributed by atoms with Crippen LogP contribution in [0.4, 0.5) is 26.3 Å². The number of para-hydroxylation sites is 1. The Hall–Kier alpha value is -3.68. The van der Waals surface area contributed by atoms with E-state index in [-0.39, 0.29) is 30.5 Å². The predicted molar refractivity (Wildman–Crippen MR) is 106 cm³/mol. The highest BCUT2D eigenvalue weighted by atomic mass is 19.4. The summed E-state index contributed by atoms with van der Waals surface area (Å²) in [6.07, 6.45) is -8.22. The summed E-state index contributed by atoms with van der Waals surface area (Å²) in [5.74, 6) is -0.694. The first kappa shape index (κ1) is 24.0. The number of nitrogens with zero attached hydrogens (tertiary/aromatic N) is 2. The van der Waals surface area contributed by atoms with Crippen molar-refractivity contribution in [2.75, 3.05) is 6.61 Å².